The number of rotatable bonds is 5. The summed E-state index contributed by atoms with van der Waals surface area (Å²) in [5.41, 5.74) is 0. The van der Waals surface area contributed by atoms with E-state index < -0.39 is 0 Å². The van der Waals surface area contributed by atoms with Gasteiger partial charge in [-0.3, -0.25) is 0 Å². The average Bonchev–Trinajstić information content (AvgIpc) is 2.46. The van der Waals surface area contributed by atoms with Crippen molar-refractivity contribution in [1.82, 2.24) is 10.3 Å². The number of hydrogen-bond acceptors (Lipinski definition) is 4. The smallest absolute Gasteiger partial charge is 0.171 e. The van der Waals surface area contributed by atoms with Gasteiger partial charge in [0.05, 0.1) is 6.10 Å². The Morgan fingerprint density at radius 2 is 2.20 bits per heavy atom. The van der Waals surface area contributed by atoms with Gasteiger partial charge in [-0.25, -0.2) is 4.98 Å². The van der Waals surface area contributed by atoms with Gasteiger partial charge in [-0.05, 0) is 58.7 Å². The minimum Gasteiger partial charge on any atom is -0.487 e. The summed E-state index contributed by atoms with van der Waals surface area (Å²) in [5.74, 6) is 2.57. The molecule has 1 aliphatic rings. The molecule has 4 nitrogen and oxygen atoms in total. The molecule has 1 saturated heterocycles. The summed E-state index contributed by atoms with van der Waals surface area (Å²) in [6.45, 7) is 8.49. The molecular formula is C16H27N3O. The van der Waals surface area contributed by atoms with Crippen LogP contribution in [0.5, 0.6) is 5.75 Å². The Labute approximate surface area is 122 Å². The zero-order chi connectivity index (χ0) is 14.5. The van der Waals surface area contributed by atoms with Gasteiger partial charge >= 0.3 is 0 Å². The molecule has 2 unspecified atom stereocenters. The fourth-order valence-electron chi connectivity index (χ4n) is 2.81. The van der Waals surface area contributed by atoms with Crippen LogP contribution in [-0.4, -0.2) is 37.3 Å². The lowest BCUT2D eigenvalue weighted by molar-refractivity contribution is 0.240. The van der Waals surface area contributed by atoms with E-state index >= 15 is 0 Å². The minimum absolute atomic E-state index is 0.176. The Kier molecular flexibility index (Phi) is 5.24. The number of nitrogens with one attached hydrogen (secondary N) is 1. The van der Waals surface area contributed by atoms with Crippen LogP contribution in [-0.2, 0) is 0 Å². The zero-order valence-corrected chi connectivity index (χ0v) is 13.1. The van der Waals surface area contributed by atoms with Crippen LogP contribution in [0.4, 0.5) is 5.82 Å². The molecule has 0 amide bonds. The summed E-state index contributed by atoms with van der Waals surface area (Å²) in [6.07, 6.45) is 4.53. The summed E-state index contributed by atoms with van der Waals surface area (Å²) in [6, 6.07) is 4.50. The Morgan fingerprint density at radius 3 is 2.90 bits per heavy atom. The van der Waals surface area contributed by atoms with Crippen molar-refractivity contribution in [1.29, 1.82) is 0 Å². The standard InChI is InChI=1S/C16H27N3O/c1-12(2)20-15-8-5-9-18-16(15)19-10-6-7-14(11-19)13(3)17-4/h5,8-9,12-14,17H,6-7,10-11H2,1-4H3. The zero-order valence-electron chi connectivity index (χ0n) is 13.1. The monoisotopic (exact) mass is 277 g/mol. The fourth-order valence-corrected chi connectivity index (χ4v) is 2.81. The van der Waals surface area contributed by atoms with E-state index in [1.165, 1.54) is 12.8 Å². The molecule has 0 spiro atoms. The van der Waals surface area contributed by atoms with Crippen molar-refractivity contribution in [3.8, 4) is 5.75 Å². The van der Waals surface area contributed by atoms with Crippen LogP contribution < -0.4 is 15.0 Å². The highest BCUT2D eigenvalue weighted by atomic mass is 16.5. The molecule has 1 fully saturated rings. The van der Waals surface area contributed by atoms with Crippen molar-refractivity contribution in [3.05, 3.63) is 18.3 Å². The Morgan fingerprint density at radius 1 is 1.40 bits per heavy atom. The number of anilines is 1. The maximum atomic E-state index is 5.90. The molecule has 0 aliphatic carbocycles. The van der Waals surface area contributed by atoms with E-state index in [1.54, 1.807) is 0 Å². The van der Waals surface area contributed by atoms with Gasteiger partial charge < -0.3 is 15.0 Å². The van der Waals surface area contributed by atoms with E-state index in [4.69, 9.17) is 4.74 Å². The molecule has 0 radical (unpaired) electrons. The van der Waals surface area contributed by atoms with Crippen LogP contribution in [0.25, 0.3) is 0 Å². The second-order valence-corrected chi connectivity index (χ2v) is 5.92. The molecule has 2 atom stereocenters. The van der Waals surface area contributed by atoms with Gasteiger partial charge in [0.1, 0.15) is 0 Å². The van der Waals surface area contributed by atoms with Crippen molar-refractivity contribution in [2.75, 3.05) is 25.0 Å². The van der Waals surface area contributed by atoms with Gasteiger partial charge in [0.25, 0.3) is 0 Å². The van der Waals surface area contributed by atoms with E-state index in [0.29, 0.717) is 12.0 Å². The van der Waals surface area contributed by atoms with Gasteiger partial charge in [-0.15, -0.1) is 0 Å². The van der Waals surface area contributed by atoms with Crippen LogP contribution in [0.1, 0.15) is 33.6 Å². The van der Waals surface area contributed by atoms with E-state index in [9.17, 15) is 0 Å². The summed E-state index contributed by atoms with van der Waals surface area (Å²) in [7, 11) is 2.04. The highest BCUT2D eigenvalue weighted by molar-refractivity contribution is 5.52. The summed E-state index contributed by atoms with van der Waals surface area (Å²) < 4.78 is 5.90. The molecule has 1 aromatic heterocycles. The summed E-state index contributed by atoms with van der Waals surface area (Å²) in [4.78, 5) is 6.93. The van der Waals surface area contributed by atoms with Crippen LogP contribution in [0, 0.1) is 5.92 Å². The lowest BCUT2D eigenvalue weighted by atomic mass is 9.91. The van der Waals surface area contributed by atoms with E-state index in [-0.39, 0.29) is 6.10 Å². The molecule has 2 rings (SSSR count). The predicted molar refractivity (Wildman–Crippen MR) is 83.5 cm³/mol. The third-order valence-corrected chi connectivity index (χ3v) is 4.03. The Hall–Kier alpha value is -1.29. The van der Waals surface area contributed by atoms with Crippen molar-refractivity contribution < 1.29 is 4.74 Å². The molecule has 1 N–H and O–H groups in total. The highest BCUT2D eigenvalue weighted by Crippen LogP contribution is 2.30. The molecule has 1 aromatic rings. The predicted octanol–water partition coefficient (Wildman–Crippen LogP) is 2.69. The van der Waals surface area contributed by atoms with Crippen LogP contribution in [0.15, 0.2) is 18.3 Å². The van der Waals surface area contributed by atoms with Gasteiger partial charge in [-0.2, -0.15) is 0 Å². The molecular weight excluding hydrogens is 250 g/mol. The number of piperidine rings is 1. The van der Waals surface area contributed by atoms with Crippen LogP contribution in [0.3, 0.4) is 0 Å². The van der Waals surface area contributed by atoms with Crippen molar-refractivity contribution >= 4 is 5.82 Å². The summed E-state index contributed by atoms with van der Waals surface area (Å²) in [5, 5.41) is 3.38. The van der Waals surface area contributed by atoms with Crippen molar-refractivity contribution in [2.24, 2.45) is 5.92 Å². The first-order valence-electron chi connectivity index (χ1n) is 7.65. The largest absolute Gasteiger partial charge is 0.487 e. The number of ether oxygens (including phenoxy) is 1. The number of pyridine rings is 1. The van der Waals surface area contributed by atoms with E-state index in [0.717, 1.165) is 24.7 Å². The molecule has 4 heteroatoms. The second kappa shape index (κ2) is 6.93. The maximum absolute atomic E-state index is 5.90. The van der Waals surface area contributed by atoms with Crippen molar-refractivity contribution in [2.45, 2.75) is 45.8 Å². The second-order valence-electron chi connectivity index (χ2n) is 5.92. The maximum Gasteiger partial charge on any atom is 0.171 e. The van der Waals surface area contributed by atoms with Crippen LogP contribution in [0.2, 0.25) is 0 Å². The van der Waals surface area contributed by atoms with Gasteiger partial charge in [0.2, 0.25) is 0 Å². The highest BCUT2D eigenvalue weighted by Gasteiger charge is 2.26. The lowest BCUT2D eigenvalue weighted by Gasteiger charge is -2.37. The molecule has 0 aromatic carbocycles. The van der Waals surface area contributed by atoms with Crippen molar-refractivity contribution in [3.63, 3.8) is 0 Å². The Balaban J connectivity index is 2.14. The average molecular weight is 277 g/mol. The summed E-state index contributed by atoms with van der Waals surface area (Å²) >= 11 is 0. The topological polar surface area (TPSA) is 37.4 Å². The molecule has 0 saturated carbocycles. The molecule has 2 heterocycles. The number of nitrogens with zero attached hydrogens (tertiary/aromatic N) is 2. The first kappa shape index (κ1) is 15.1. The number of hydrogen-bond donors (Lipinski definition) is 1. The number of aromatic nitrogens is 1. The van der Waals surface area contributed by atoms with E-state index in [2.05, 4.69) is 36.0 Å². The fraction of sp³-hybridized carbons (Fsp3) is 0.688. The third-order valence-electron chi connectivity index (χ3n) is 4.03. The van der Waals surface area contributed by atoms with Crippen LogP contribution >= 0.6 is 0 Å². The lowest BCUT2D eigenvalue weighted by Crippen LogP contribution is -2.44. The van der Waals surface area contributed by atoms with Gasteiger partial charge in [0.15, 0.2) is 11.6 Å². The molecule has 112 valence electrons. The molecule has 0 bridgehead atoms. The quantitative estimate of drug-likeness (QED) is 0.898. The minimum atomic E-state index is 0.176. The third kappa shape index (κ3) is 3.63. The first-order valence-corrected chi connectivity index (χ1v) is 7.65. The SMILES string of the molecule is CNC(C)C1CCCN(c2ncccc2OC(C)C)C1. The Bertz CT molecular complexity index is 422. The van der Waals surface area contributed by atoms with E-state index in [1.807, 2.05) is 25.4 Å². The molecule has 20 heavy (non-hydrogen) atoms. The molecule has 1 aliphatic heterocycles. The normalized spacial score (nSPS) is 21.1. The first-order chi connectivity index (χ1) is 9.61. The van der Waals surface area contributed by atoms with Gasteiger partial charge in [0, 0.05) is 25.3 Å². The van der Waals surface area contributed by atoms with Gasteiger partial charge in [-0.1, -0.05) is 0 Å².